The molecule has 1 N–H and O–H groups in total. The standard InChI is InChI=1S/C14H26O3/c1-2-17-14(8-4-3-5-9-14)13(15)12-7-6-10-16-11-12/h12-13,15H,2-11H2,1H3. The van der Waals surface area contributed by atoms with Crippen molar-refractivity contribution >= 4 is 0 Å². The summed E-state index contributed by atoms with van der Waals surface area (Å²) in [5.41, 5.74) is -0.279. The number of hydrogen-bond donors (Lipinski definition) is 1. The van der Waals surface area contributed by atoms with Crippen LogP contribution in [0.25, 0.3) is 0 Å². The maximum Gasteiger partial charge on any atom is 0.0943 e. The lowest BCUT2D eigenvalue weighted by Gasteiger charge is -2.44. The van der Waals surface area contributed by atoms with Crippen molar-refractivity contribution in [3.63, 3.8) is 0 Å². The highest BCUT2D eigenvalue weighted by Gasteiger charge is 2.43. The first-order valence-electron chi connectivity index (χ1n) is 7.18. The molecule has 0 aromatic carbocycles. The van der Waals surface area contributed by atoms with Gasteiger partial charge in [0.1, 0.15) is 0 Å². The van der Waals surface area contributed by atoms with Gasteiger partial charge in [0.15, 0.2) is 0 Å². The molecule has 1 aliphatic carbocycles. The molecule has 2 unspecified atom stereocenters. The first-order chi connectivity index (χ1) is 8.28. The minimum absolute atomic E-state index is 0.272. The van der Waals surface area contributed by atoms with Gasteiger partial charge in [0.25, 0.3) is 0 Å². The van der Waals surface area contributed by atoms with E-state index in [1.165, 1.54) is 19.3 Å². The normalized spacial score (nSPS) is 31.1. The zero-order valence-electron chi connectivity index (χ0n) is 11.0. The molecule has 2 aliphatic rings. The molecule has 0 bridgehead atoms. The lowest BCUT2D eigenvalue weighted by molar-refractivity contribution is -0.170. The Morgan fingerprint density at radius 1 is 1.29 bits per heavy atom. The molecule has 3 heteroatoms. The highest BCUT2D eigenvalue weighted by molar-refractivity contribution is 4.95. The molecule has 1 saturated heterocycles. The monoisotopic (exact) mass is 242 g/mol. The van der Waals surface area contributed by atoms with Crippen molar-refractivity contribution in [1.82, 2.24) is 0 Å². The Kier molecular flexibility index (Phi) is 4.83. The minimum Gasteiger partial charge on any atom is -0.390 e. The fourth-order valence-corrected chi connectivity index (χ4v) is 3.41. The van der Waals surface area contributed by atoms with Gasteiger partial charge in [0.2, 0.25) is 0 Å². The van der Waals surface area contributed by atoms with Crippen molar-refractivity contribution in [3.05, 3.63) is 0 Å². The average Bonchev–Trinajstić information content (AvgIpc) is 2.40. The van der Waals surface area contributed by atoms with Crippen LogP contribution in [-0.4, -0.2) is 36.6 Å². The van der Waals surface area contributed by atoms with Crippen molar-refractivity contribution in [2.75, 3.05) is 19.8 Å². The molecule has 0 amide bonds. The van der Waals surface area contributed by atoms with Gasteiger partial charge >= 0.3 is 0 Å². The average molecular weight is 242 g/mol. The first-order valence-corrected chi connectivity index (χ1v) is 7.18. The molecule has 0 aromatic heterocycles. The van der Waals surface area contributed by atoms with Crippen molar-refractivity contribution < 1.29 is 14.6 Å². The molecule has 0 aromatic rings. The predicted molar refractivity (Wildman–Crippen MR) is 67.0 cm³/mol. The minimum atomic E-state index is -0.344. The Morgan fingerprint density at radius 2 is 2.06 bits per heavy atom. The van der Waals surface area contributed by atoms with E-state index in [9.17, 15) is 5.11 Å². The van der Waals surface area contributed by atoms with Crippen LogP contribution in [0.1, 0.15) is 51.9 Å². The smallest absolute Gasteiger partial charge is 0.0943 e. The quantitative estimate of drug-likeness (QED) is 0.823. The lowest BCUT2D eigenvalue weighted by atomic mass is 9.75. The molecule has 100 valence electrons. The zero-order valence-corrected chi connectivity index (χ0v) is 11.0. The van der Waals surface area contributed by atoms with Gasteiger partial charge in [-0.05, 0) is 32.6 Å². The van der Waals surface area contributed by atoms with Crippen LogP contribution in [0.5, 0.6) is 0 Å². The lowest BCUT2D eigenvalue weighted by Crippen LogP contribution is -2.51. The Morgan fingerprint density at radius 3 is 2.65 bits per heavy atom. The van der Waals surface area contributed by atoms with Crippen LogP contribution in [-0.2, 0) is 9.47 Å². The third-order valence-corrected chi connectivity index (χ3v) is 4.31. The van der Waals surface area contributed by atoms with Gasteiger partial charge < -0.3 is 14.6 Å². The largest absolute Gasteiger partial charge is 0.390 e. The maximum absolute atomic E-state index is 10.7. The van der Waals surface area contributed by atoms with Crippen molar-refractivity contribution in [2.45, 2.75) is 63.6 Å². The molecular formula is C14H26O3. The van der Waals surface area contributed by atoms with E-state index in [0.29, 0.717) is 13.2 Å². The second-order valence-electron chi connectivity index (χ2n) is 5.48. The second kappa shape index (κ2) is 6.17. The molecule has 2 atom stereocenters. The molecule has 1 aliphatic heterocycles. The van der Waals surface area contributed by atoms with Crippen molar-refractivity contribution in [1.29, 1.82) is 0 Å². The van der Waals surface area contributed by atoms with E-state index in [2.05, 4.69) is 0 Å². The van der Waals surface area contributed by atoms with Gasteiger partial charge in [-0.1, -0.05) is 19.3 Å². The first kappa shape index (κ1) is 13.3. The molecule has 0 radical (unpaired) electrons. The molecular weight excluding hydrogens is 216 g/mol. The molecule has 2 fully saturated rings. The molecule has 1 saturated carbocycles. The van der Waals surface area contributed by atoms with E-state index in [-0.39, 0.29) is 17.6 Å². The Balaban J connectivity index is 2.02. The van der Waals surface area contributed by atoms with E-state index in [0.717, 1.165) is 32.3 Å². The summed E-state index contributed by atoms with van der Waals surface area (Å²) in [5, 5.41) is 10.7. The van der Waals surface area contributed by atoms with Crippen molar-refractivity contribution in [3.8, 4) is 0 Å². The molecule has 2 rings (SSSR count). The van der Waals surface area contributed by atoms with Crippen LogP contribution >= 0.6 is 0 Å². The van der Waals surface area contributed by atoms with Crippen LogP contribution < -0.4 is 0 Å². The summed E-state index contributed by atoms with van der Waals surface area (Å²) in [6.45, 7) is 4.28. The van der Waals surface area contributed by atoms with Crippen LogP contribution in [0.2, 0.25) is 0 Å². The Labute approximate surface area is 104 Å². The van der Waals surface area contributed by atoms with Crippen LogP contribution in [0.4, 0.5) is 0 Å². The zero-order chi connectivity index (χ0) is 12.1. The SMILES string of the molecule is CCOC1(C(O)C2CCCOC2)CCCCC1. The number of aliphatic hydroxyl groups excluding tert-OH is 1. The topological polar surface area (TPSA) is 38.7 Å². The van der Waals surface area contributed by atoms with Gasteiger partial charge in [-0.2, -0.15) is 0 Å². The van der Waals surface area contributed by atoms with E-state index >= 15 is 0 Å². The molecule has 3 nitrogen and oxygen atoms in total. The number of rotatable bonds is 4. The summed E-state index contributed by atoms with van der Waals surface area (Å²) in [6.07, 6.45) is 7.48. The molecule has 0 spiro atoms. The molecule has 17 heavy (non-hydrogen) atoms. The maximum atomic E-state index is 10.7. The number of aliphatic hydroxyl groups is 1. The summed E-state index contributed by atoms with van der Waals surface area (Å²) >= 11 is 0. The van der Waals surface area contributed by atoms with E-state index in [4.69, 9.17) is 9.47 Å². The third-order valence-electron chi connectivity index (χ3n) is 4.31. The fourth-order valence-electron chi connectivity index (χ4n) is 3.41. The van der Waals surface area contributed by atoms with Crippen LogP contribution in [0, 0.1) is 5.92 Å². The summed E-state index contributed by atoms with van der Waals surface area (Å²) in [5.74, 6) is 0.272. The number of ether oxygens (including phenoxy) is 2. The van der Waals surface area contributed by atoms with Gasteiger partial charge in [0.05, 0.1) is 18.3 Å². The highest BCUT2D eigenvalue weighted by Crippen LogP contribution is 2.38. The van der Waals surface area contributed by atoms with Gasteiger partial charge in [-0.3, -0.25) is 0 Å². The summed E-state index contributed by atoms with van der Waals surface area (Å²) in [4.78, 5) is 0. The van der Waals surface area contributed by atoms with Crippen LogP contribution in [0.15, 0.2) is 0 Å². The van der Waals surface area contributed by atoms with Gasteiger partial charge in [0, 0.05) is 19.1 Å². The van der Waals surface area contributed by atoms with E-state index in [1.54, 1.807) is 0 Å². The van der Waals surface area contributed by atoms with Gasteiger partial charge in [-0.25, -0.2) is 0 Å². The third kappa shape index (κ3) is 3.01. The highest BCUT2D eigenvalue weighted by atomic mass is 16.5. The van der Waals surface area contributed by atoms with E-state index < -0.39 is 0 Å². The van der Waals surface area contributed by atoms with Crippen LogP contribution in [0.3, 0.4) is 0 Å². The summed E-state index contributed by atoms with van der Waals surface area (Å²) in [7, 11) is 0. The second-order valence-corrected chi connectivity index (χ2v) is 5.48. The fraction of sp³-hybridized carbons (Fsp3) is 1.00. The number of hydrogen-bond acceptors (Lipinski definition) is 3. The predicted octanol–water partition coefficient (Wildman–Crippen LogP) is 2.51. The molecule has 1 heterocycles. The van der Waals surface area contributed by atoms with Gasteiger partial charge in [-0.15, -0.1) is 0 Å². The van der Waals surface area contributed by atoms with Crippen molar-refractivity contribution in [2.24, 2.45) is 5.92 Å². The van der Waals surface area contributed by atoms with E-state index in [1.807, 2.05) is 6.92 Å². The summed E-state index contributed by atoms with van der Waals surface area (Å²) in [6, 6.07) is 0. The summed E-state index contributed by atoms with van der Waals surface area (Å²) < 4.78 is 11.5. The Bertz CT molecular complexity index is 212. The Hall–Kier alpha value is -0.120.